The fourth-order valence-corrected chi connectivity index (χ4v) is 4.32. The fraction of sp³-hybridized carbons (Fsp3) is 0.556. The predicted octanol–water partition coefficient (Wildman–Crippen LogP) is 4.52. The molecule has 2 atom stereocenters. The lowest BCUT2D eigenvalue weighted by atomic mass is 10.1. The number of nitrogens with zero attached hydrogens (tertiary/aromatic N) is 4. The molecule has 2 N–H and O–H groups in total. The molecule has 3 amide bonds. The zero-order valence-electron chi connectivity index (χ0n) is 23.7. The Balaban J connectivity index is 1.94. The van der Waals surface area contributed by atoms with Gasteiger partial charge in [0.05, 0.1) is 29.7 Å². The molecule has 0 saturated heterocycles. The highest BCUT2D eigenvalue weighted by atomic mass is 35.5. The number of carbonyl (C=O) groups excluding carboxylic acids is 3. The minimum Gasteiger partial charge on any atom is -0.455 e. The van der Waals surface area contributed by atoms with Crippen LogP contribution in [0.1, 0.15) is 71.6 Å². The topological polar surface area (TPSA) is 126 Å². The van der Waals surface area contributed by atoms with Crippen LogP contribution in [0.15, 0.2) is 24.5 Å². The first kappa shape index (κ1) is 30.2. The van der Waals surface area contributed by atoms with Crippen LogP contribution in [-0.4, -0.2) is 74.1 Å². The van der Waals surface area contributed by atoms with Crippen LogP contribution < -0.4 is 10.2 Å². The van der Waals surface area contributed by atoms with Crippen LogP contribution in [0.2, 0.25) is 5.02 Å². The van der Waals surface area contributed by atoms with Gasteiger partial charge in [-0.2, -0.15) is 0 Å². The Morgan fingerprint density at radius 3 is 2.31 bits per heavy atom. The number of esters is 1. The van der Waals surface area contributed by atoms with Gasteiger partial charge in [0, 0.05) is 24.2 Å². The van der Waals surface area contributed by atoms with Crippen LogP contribution in [-0.2, 0) is 16.0 Å². The number of carbonyl (C=O) groups is 3. The van der Waals surface area contributed by atoms with E-state index in [0.717, 1.165) is 0 Å². The molecule has 12 heteroatoms. The van der Waals surface area contributed by atoms with Crippen LogP contribution >= 0.6 is 11.6 Å². The lowest BCUT2D eigenvalue weighted by Crippen LogP contribution is -2.52. The molecule has 0 aliphatic carbocycles. The number of alkyl carbamates (subject to hydrolysis) is 1. The molecule has 0 bridgehead atoms. The van der Waals surface area contributed by atoms with Crippen LogP contribution in [0.25, 0.3) is 5.69 Å². The average Bonchev–Trinajstić information content (AvgIpc) is 3.18. The summed E-state index contributed by atoms with van der Waals surface area (Å²) in [5.41, 5.74) is 0.290. The zero-order valence-corrected chi connectivity index (χ0v) is 24.5. The maximum absolute atomic E-state index is 14.0. The largest absolute Gasteiger partial charge is 0.455 e. The minimum atomic E-state index is -0.839. The Morgan fingerprint density at radius 1 is 1.08 bits per heavy atom. The number of aliphatic hydroxyl groups excluding tert-OH is 1. The summed E-state index contributed by atoms with van der Waals surface area (Å²) in [6, 6.07) is 4.15. The van der Waals surface area contributed by atoms with Crippen LogP contribution in [0, 0.1) is 0 Å². The maximum Gasteiger partial charge on any atom is 0.407 e. The van der Waals surface area contributed by atoms with Gasteiger partial charge in [-0.3, -0.25) is 9.47 Å². The molecule has 11 nitrogen and oxygen atoms in total. The van der Waals surface area contributed by atoms with E-state index < -0.39 is 41.4 Å². The van der Waals surface area contributed by atoms with Gasteiger partial charge in [0.2, 0.25) is 0 Å². The second kappa shape index (κ2) is 11.4. The summed E-state index contributed by atoms with van der Waals surface area (Å²) < 4.78 is 12.6. The van der Waals surface area contributed by atoms with E-state index in [1.54, 1.807) is 78.2 Å². The molecular weight excluding hydrogens is 526 g/mol. The Labute approximate surface area is 234 Å². The van der Waals surface area contributed by atoms with Gasteiger partial charge in [0.15, 0.2) is 5.69 Å². The van der Waals surface area contributed by atoms with E-state index >= 15 is 0 Å². The highest BCUT2D eigenvalue weighted by Crippen LogP contribution is 2.36. The summed E-state index contributed by atoms with van der Waals surface area (Å²) in [5.74, 6) is -0.600. The third-order valence-corrected chi connectivity index (χ3v) is 5.73. The summed E-state index contributed by atoms with van der Waals surface area (Å²) in [4.78, 5) is 46.5. The third kappa shape index (κ3) is 7.86. The number of aliphatic hydroxyl groups is 1. The van der Waals surface area contributed by atoms with Crippen molar-refractivity contribution in [1.29, 1.82) is 0 Å². The quantitative estimate of drug-likeness (QED) is 0.495. The van der Waals surface area contributed by atoms with Crippen LogP contribution in [0.4, 0.5) is 15.3 Å². The van der Waals surface area contributed by atoms with E-state index in [2.05, 4.69) is 10.3 Å². The molecule has 0 spiro atoms. The molecule has 1 aliphatic heterocycles. The molecule has 1 aromatic carbocycles. The van der Waals surface area contributed by atoms with Gasteiger partial charge in [0.1, 0.15) is 17.5 Å². The third-order valence-electron chi connectivity index (χ3n) is 5.50. The molecule has 0 fully saturated rings. The van der Waals surface area contributed by atoms with Crippen LogP contribution in [0.3, 0.4) is 0 Å². The predicted molar refractivity (Wildman–Crippen MR) is 147 cm³/mol. The molecule has 1 aromatic heterocycles. The first-order valence-corrected chi connectivity index (χ1v) is 13.2. The summed E-state index contributed by atoms with van der Waals surface area (Å²) in [6.45, 7) is 14.0. The maximum atomic E-state index is 14.0. The van der Waals surface area contributed by atoms with Crippen molar-refractivity contribution in [2.45, 2.75) is 85.3 Å². The van der Waals surface area contributed by atoms with Crippen molar-refractivity contribution in [3.05, 3.63) is 40.9 Å². The van der Waals surface area contributed by atoms with Crippen molar-refractivity contribution >= 4 is 35.4 Å². The Kier molecular flexibility index (Phi) is 8.86. The van der Waals surface area contributed by atoms with E-state index in [0.29, 0.717) is 22.1 Å². The van der Waals surface area contributed by atoms with Crippen molar-refractivity contribution in [3.63, 3.8) is 0 Å². The molecule has 214 valence electrons. The lowest BCUT2D eigenvalue weighted by Gasteiger charge is -2.36. The van der Waals surface area contributed by atoms with Gasteiger partial charge < -0.3 is 24.8 Å². The van der Waals surface area contributed by atoms with Crippen molar-refractivity contribution in [3.8, 4) is 5.69 Å². The number of halogens is 1. The van der Waals surface area contributed by atoms with Gasteiger partial charge in [0.25, 0.3) is 0 Å². The van der Waals surface area contributed by atoms with Crippen molar-refractivity contribution < 1.29 is 29.0 Å². The normalized spacial score (nSPS) is 14.6. The standard InChI is InChI=1S/C27H38ClN5O6/c1-16(30-24(36)39-27(6,7)8)12-31(13-17(2)34)25(37)32-14-21-22(23(35)38-26(3,4)5)29-15-33(21)19-10-9-18(28)11-20(19)32/h9-11,15-17,34H,12-14H2,1-8H3,(H,30,36)/t16-,17-/m1/s1. The van der Waals surface area contributed by atoms with E-state index in [4.69, 9.17) is 21.1 Å². The van der Waals surface area contributed by atoms with Crippen molar-refractivity contribution in [2.75, 3.05) is 18.0 Å². The first-order valence-electron chi connectivity index (χ1n) is 12.8. The van der Waals surface area contributed by atoms with Crippen molar-refractivity contribution in [2.24, 2.45) is 0 Å². The van der Waals surface area contributed by atoms with E-state index in [-0.39, 0.29) is 25.3 Å². The number of fused-ring (bicyclic) bond motifs is 3. The summed E-state index contributed by atoms with van der Waals surface area (Å²) in [6.07, 6.45) is 0.0680. The first-order chi connectivity index (χ1) is 17.9. The summed E-state index contributed by atoms with van der Waals surface area (Å²) in [7, 11) is 0. The number of aromatic nitrogens is 2. The van der Waals surface area contributed by atoms with E-state index in [1.807, 2.05) is 0 Å². The number of hydrogen-bond donors (Lipinski definition) is 2. The lowest BCUT2D eigenvalue weighted by molar-refractivity contribution is 0.00616. The van der Waals surface area contributed by atoms with Gasteiger partial charge in [-0.25, -0.2) is 19.4 Å². The molecule has 2 aromatic rings. The Bertz CT molecular complexity index is 1230. The highest BCUT2D eigenvalue weighted by molar-refractivity contribution is 6.31. The molecule has 0 saturated carbocycles. The fourth-order valence-electron chi connectivity index (χ4n) is 4.16. The van der Waals surface area contributed by atoms with Crippen LogP contribution in [0.5, 0.6) is 0 Å². The van der Waals surface area contributed by atoms with E-state index in [9.17, 15) is 19.5 Å². The number of urea groups is 1. The van der Waals surface area contributed by atoms with Gasteiger partial charge in [-0.05, 0) is 73.6 Å². The molecule has 39 heavy (non-hydrogen) atoms. The zero-order chi connectivity index (χ0) is 29.3. The molecular formula is C27H38ClN5O6. The SMILES string of the molecule is C[C@H](CN(C[C@@H](C)O)C(=O)N1Cc2c(C(=O)OC(C)(C)C)ncn2-c2ccc(Cl)cc21)NC(=O)OC(C)(C)C. The monoisotopic (exact) mass is 563 g/mol. The smallest absolute Gasteiger partial charge is 0.407 e. The Morgan fingerprint density at radius 2 is 1.72 bits per heavy atom. The molecule has 2 heterocycles. The molecule has 0 unspecified atom stereocenters. The highest BCUT2D eigenvalue weighted by Gasteiger charge is 2.35. The number of nitrogens with one attached hydrogen (secondary N) is 1. The summed E-state index contributed by atoms with van der Waals surface area (Å²) in [5, 5.41) is 13.3. The van der Waals surface area contributed by atoms with Crippen molar-refractivity contribution in [1.82, 2.24) is 19.8 Å². The van der Waals surface area contributed by atoms with E-state index in [1.165, 1.54) is 16.1 Å². The second-order valence-electron chi connectivity index (χ2n) is 11.7. The molecule has 3 rings (SSSR count). The average molecular weight is 564 g/mol. The number of anilines is 1. The van der Waals surface area contributed by atoms with Gasteiger partial charge >= 0.3 is 18.1 Å². The second-order valence-corrected chi connectivity index (χ2v) is 12.2. The van der Waals surface area contributed by atoms with Gasteiger partial charge in [-0.15, -0.1) is 0 Å². The number of imidazole rings is 1. The number of rotatable bonds is 6. The molecule has 0 radical (unpaired) electrons. The number of benzene rings is 1. The Hall–Kier alpha value is -3.31. The number of ether oxygens (including phenoxy) is 2. The molecule has 1 aliphatic rings. The number of amides is 3. The van der Waals surface area contributed by atoms with Gasteiger partial charge in [-0.1, -0.05) is 11.6 Å². The summed E-state index contributed by atoms with van der Waals surface area (Å²) >= 11 is 6.31. The number of hydrogen-bond acceptors (Lipinski definition) is 7. The minimum absolute atomic E-state index is 0.00373.